The zero-order valence-electron chi connectivity index (χ0n) is 30.7. The van der Waals surface area contributed by atoms with Gasteiger partial charge >= 0.3 is 11.9 Å². The minimum absolute atomic E-state index is 0.0377. The third kappa shape index (κ3) is 30.0. The SMILES string of the molecule is CCCCCCCCCCCCCCCCCCC(CCCCCCCCCCCCCCCCCC)(CCC(=O)O)C(=O)O. The van der Waals surface area contributed by atoms with Crippen LogP contribution in [0.1, 0.15) is 245 Å². The quantitative estimate of drug-likeness (QED) is 0.0661. The summed E-state index contributed by atoms with van der Waals surface area (Å²) in [5, 5.41) is 19.5. The molecule has 0 aromatic carbocycles. The van der Waals surface area contributed by atoms with Crippen LogP contribution in [-0.2, 0) is 9.59 Å². The highest BCUT2D eigenvalue weighted by Gasteiger charge is 2.37. The molecule has 0 aliphatic heterocycles. The molecule has 0 saturated carbocycles. The van der Waals surface area contributed by atoms with Crippen molar-refractivity contribution in [1.82, 2.24) is 0 Å². The Labute approximate surface area is 281 Å². The van der Waals surface area contributed by atoms with Crippen molar-refractivity contribution in [3.05, 3.63) is 0 Å². The maximum absolute atomic E-state index is 12.4. The van der Waals surface area contributed by atoms with Crippen molar-refractivity contribution < 1.29 is 19.8 Å². The Hall–Kier alpha value is -1.06. The largest absolute Gasteiger partial charge is 0.481 e. The fraction of sp³-hybridized carbons (Fsp3) is 0.951. The predicted molar refractivity (Wildman–Crippen MR) is 195 cm³/mol. The first-order chi connectivity index (χ1) is 22.0. The van der Waals surface area contributed by atoms with Crippen LogP contribution in [0.25, 0.3) is 0 Å². The summed E-state index contributed by atoms with van der Waals surface area (Å²) in [6.07, 6.45) is 43.3. The van der Waals surface area contributed by atoms with Crippen LogP contribution in [0.4, 0.5) is 0 Å². The van der Waals surface area contributed by atoms with Gasteiger partial charge in [-0.05, 0) is 19.3 Å². The van der Waals surface area contributed by atoms with Crippen LogP contribution in [0.15, 0.2) is 0 Å². The van der Waals surface area contributed by atoms with E-state index < -0.39 is 17.4 Å². The molecule has 0 atom stereocenters. The first kappa shape index (κ1) is 43.9. The van der Waals surface area contributed by atoms with Crippen molar-refractivity contribution in [2.75, 3.05) is 0 Å². The summed E-state index contributed by atoms with van der Waals surface area (Å²) < 4.78 is 0. The van der Waals surface area contributed by atoms with Gasteiger partial charge in [-0.2, -0.15) is 0 Å². The Morgan fingerprint density at radius 3 is 0.778 bits per heavy atom. The smallest absolute Gasteiger partial charge is 0.309 e. The molecule has 0 saturated heterocycles. The van der Waals surface area contributed by atoms with Crippen molar-refractivity contribution in [3.63, 3.8) is 0 Å². The summed E-state index contributed by atoms with van der Waals surface area (Å²) in [7, 11) is 0. The third-order valence-corrected chi connectivity index (χ3v) is 10.3. The molecule has 0 bridgehead atoms. The summed E-state index contributed by atoms with van der Waals surface area (Å²) in [6.45, 7) is 4.55. The normalized spacial score (nSPS) is 11.8. The highest BCUT2D eigenvalue weighted by molar-refractivity contribution is 5.76. The molecule has 0 aromatic heterocycles. The topological polar surface area (TPSA) is 74.6 Å². The van der Waals surface area contributed by atoms with Gasteiger partial charge in [0, 0.05) is 6.42 Å². The van der Waals surface area contributed by atoms with Crippen LogP contribution in [0.5, 0.6) is 0 Å². The molecule has 4 heteroatoms. The van der Waals surface area contributed by atoms with Gasteiger partial charge in [-0.3, -0.25) is 9.59 Å². The molecule has 0 aliphatic carbocycles. The van der Waals surface area contributed by atoms with Gasteiger partial charge in [0.05, 0.1) is 5.41 Å². The number of hydrogen-bond acceptors (Lipinski definition) is 2. The van der Waals surface area contributed by atoms with Gasteiger partial charge < -0.3 is 10.2 Å². The average Bonchev–Trinajstić information content (AvgIpc) is 3.02. The maximum Gasteiger partial charge on any atom is 0.309 e. The third-order valence-electron chi connectivity index (χ3n) is 10.3. The zero-order chi connectivity index (χ0) is 33.1. The molecule has 0 aromatic rings. The van der Waals surface area contributed by atoms with E-state index in [0.717, 1.165) is 25.7 Å². The van der Waals surface area contributed by atoms with E-state index in [1.165, 1.54) is 180 Å². The maximum atomic E-state index is 12.4. The summed E-state index contributed by atoms with van der Waals surface area (Å²) in [6, 6.07) is 0. The Morgan fingerprint density at radius 2 is 0.578 bits per heavy atom. The van der Waals surface area contributed by atoms with E-state index in [9.17, 15) is 19.8 Å². The molecule has 45 heavy (non-hydrogen) atoms. The highest BCUT2D eigenvalue weighted by Crippen LogP contribution is 2.37. The summed E-state index contributed by atoms with van der Waals surface area (Å²) >= 11 is 0. The molecule has 2 N–H and O–H groups in total. The standard InChI is InChI=1S/C41H80O4/c1-3-5-7-9-11-13-15-17-19-21-23-25-27-29-31-33-36-41(40(44)45,38-35-39(42)43)37-34-32-30-28-26-24-22-20-18-16-14-12-10-8-6-4-2/h3-38H2,1-2H3,(H,42,43)(H,44,45). The summed E-state index contributed by atoms with van der Waals surface area (Å²) in [4.78, 5) is 23.7. The molecule has 0 rings (SSSR count). The summed E-state index contributed by atoms with van der Waals surface area (Å²) in [5.41, 5.74) is -0.857. The Kier molecular flexibility index (Phi) is 33.5. The van der Waals surface area contributed by atoms with Gasteiger partial charge in [-0.1, -0.05) is 219 Å². The monoisotopic (exact) mass is 637 g/mol. The first-order valence-corrected chi connectivity index (χ1v) is 20.4. The molecule has 0 radical (unpaired) electrons. The lowest BCUT2D eigenvalue weighted by Crippen LogP contribution is -2.32. The number of carbonyl (C=O) groups is 2. The second kappa shape index (κ2) is 34.3. The molecule has 0 amide bonds. The van der Waals surface area contributed by atoms with Gasteiger partial charge in [0.1, 0.15) is 0 Å². The fourth-order valence-corrected chi connectivity index (χ4v) is 7.06. The van der Waals surface area contributed by atoms with E-state index >= 15 is 0 Å². The van der Waals surface area contributed by atoms with Crippen molar-refractivity contribution >= 4 is 11.9 Å². The second-order valence-corrected chi connectivity index (χ2v) is 14.6. The Morgan fingerprint density at radius 1 is 0.356 bits per heavy atom. The van der Waals surface area contributed by atoms with Crippen LogP contribution < -0.4 is 0 Å². The van der Waals surface area contributed by atoms with E-state index in [-0.39, 0.29) is 12.8 Å². The van der Waals surface area contributed by atoms with Crippen molar-refractivity contribution in [1.29, 1.82) is 0 Å². The van der Waals surface area contributed by atoms with E-state index in [1.807, 2.05) is 0 Å². The van der Waals surface area contributed by atoms with Crippen molar-refractivity contribution in [2.45, 2.75) is 245 Å². The number of carboxylic acid groups (broad SMARTS) is 2. The average molecular weight is 637 g/mol. The Bertz CT molecular complexity index is 595. The molecule has 4 nitrogen and oxygen atoms in total. The van der Waals surface area contributed by atoms with Gasteiger partial charge in [0.25, 0.3) is 0 Å². The van der Waals surface area contributed by atoms with Gasteiger partial charge in [-0.25, -0.2) is 0 Å². The van der Waals surface area contributed by atoms with Crippen LogP contribution in [0, 0.1) is 5.41 Å². The van der Waals surface area contributed by atoms with Crippen LogP contribution in [0.2, 0.25) is 0 Å². The van der Waals surface area contributed by atoms with E-state index in [1.54, 1.807) is 0 Å². The molecule has 0 aliphatic rings. The zero-order valence-corrected chi connectivity index (χ0v) is 30.7. The first-order valence-electron chi connectivity index (χ1n) is 20.4. The summed E-state index contributed by atoms with van der Waals surface area (Å²) in [5.74, 6) is -1.65. The van der Waals surface area contributed by atoms with Crippen molar-refractivity contribution in [3.8, 4) is 0 Å². The fourth-order valence-electron chi connectivity index (χ4n) is 7.06. The van der Waals surface area contributed by atoms with Crippen LogP contribution in [0.3, 0.4) is 0 Å². The van der Waals surface area contributed by atoms with Crippen LogP contribution >= 0.6 is 0 Å². The molecule has 0 heterocycles. The van der Waals surface area contributed by atoms with Crippen LogP contribution in [-0.4, -0.2) is 22.2 Å². The van der Waals surface area contributed by atoms with E-state index in [2.05, 4.69) is 13.8 Å². The van der Waals surface area contributed by atoms with Gasteiger partial charge in [0.2, 0.25) is 0 Å². The molecule has 0 spiro atoms. The van der Waals surface area contributed by atoms with E-state index in [0.29, 0.717) is 12.8 Å². The molecule has 0 unspecified atom stereocenters. The predicted octanol–water partition coefficient (Wildman–Crippen LogP) is 14.2. The lowest BCUT2D eigenvalue weighted by atomic mass is 9.74. The van der Waals surface area contributed by atoms with Gasteiger partial charge in [-0.15, -0.1) is 0 Å². The molecular weight excluding hydrogens is 556 g/mol. The number of carboxylic acids is 2. The highest BCUT2D eigenvalue weighted by atomic mass is 16.4. The number of hydrogen-bond donors (Lipinski definition) is 2. The second-order valence-electron chi connectivity index (χ2n) is 14.6. The van der Waals surface area contributed by atoms with Gasteiger partial charge in [0.15, 0.2) is 0 Å². The van der Waals surface area contributed by atoms with Crippen molar-refractivity contribution in [2.24, 2.45) is 5.41 Å². The van der Waals surface area contributed by atoms with E-state index in [4.69, 9.17) is 0 Å². The number of rotatable bonds is 38. The molecule has 0 fully saturated rings. The number of unbranched alkanes of at least 4 members (excludes halogenated alkanes) is 30. The molecular formula is C41H80O4. The number of aliphatic carboxylic acids is 2. The lowest BCUT2D eigenvalue weighted by molar-refractivity contribution is -0.151. The minimum atomic E-state index is -0.875. The lowest BCUT2D eigenvalue weighted by Gasteiger charge is -2.29. The Balaban J connectivity index is 3.95. The molecule has 268 valence electrons. The minimum Gasteiger partial charge on any atom is -0.481 e.